The Hall–Kier alpha value is -0.800. The number of furan rings is 1. The number of nitrogens with one attached hydrogen (secondary N) is 1. The SMILES string of the molecule is Cc1cc(CNC2CCC(O)CC2)c(C)o1. The minimum absolute atomic E-state index is 0.0732. The fraction of sp³-hybridized carbons (Fsp3) is 0.692. The van der Waals surface area contributed by atoms with Crippen LogP contribution in [0.15, 0.2) is 10.5 Å². The van der Waals surface area contributed by atoms with E-state index in [0.29, 0.717) is 6.04 Å². The number of aliphatic hydroxyl groups is 1. The van der Waals surface area contributed by atoms with E-state index in [4.69, 9.17) is 4.42 Å². The molecule has 0 aliphatic heterocycles. The highest BCUT2D eigenvalue weighted by Crippen LogP contribution is 2.19. The van der Waals surface area contributed by atoms with Crippen molar-refractivity contribution in [3.8, 4) is 0 Å². The fourth-order valence-electron chi connectivity index (χ4n) is 2.39. The summed E-state index contributed by atoms with van der Waals surface area (Å²) in [4.78, 5) is 0. The number of aliphatic hydroxyl groups excluding tert-OH is 1. The van der Waals surface area contributed by atoms with Crippen molar-refractivity contribution < 1.29 is 9.52 Å². The number of rotatable bonds is 3. The molecule has 0 aromatic carbocycles. The first kappa shape index (κ1) is 11.7. The molecule has 3 nitrogen and oxygen atoms in total. The monoisotopic (exact) mass is 223 g/mol. The lowest BCUT2D eigenvalue weighted by Gasteiger charge is -2.26. The smallest absolute Gasteiger partial charge is 0.105 e. The molecule has 1 fully saturated rings. The topological polar surface area (TPSA) is 45.4 Å². The average Bonchev–Trinajstić information content (AvgIpc) is 2.57. The van der Waals surface area contributed by atoms with Gasteiger partial charge in [0.2, 0.25) is 0 Å². The number of hydrogen-bond donors (Lipinski definition) is 2. The molecule has 2 rings (SSSR count). The van der Waals surface area contributed by atoms with Crippen LogP contribution in [0, 0.1) is 13.8 Å². The fourth-order valence-corrected chi connectivity index (χ4v) is 2.39. The summed E-state index contributed by atoms with van der Waals surface area (Å²) in [5.41, 5.74) is 1.25. The predicted octanol–water partition coefficient (Wildman–Crippen LogP) is 2.29. The molecule has 0 atom stereocenters. The van der Waals surface area contributed by atoms with Crippen molar-refractivity contribution in [1.82, 2.24) is 5.32 Å². The van der Waals surface area contributed by atoms with Gasteiger partial charge in [-0.05, 0) is 45.6 Å². The normalized spacial score (nSPS) is 25.9. The minimum Gasteiger partial charge on any atom is -0.466 e. The Balaban J connectivity index is 1.81. The van der Waals surface area contributed by atoms with E-state index >= 15 is 0 Å². The molecule has 16 heavy (non-hydrogen) atoms. The highest BCUT2D eigenvalue weighted by Gasteiger charge is 2.19. The Morgan fingerprint density at radius 1 is 1.31 bits per heavy atom. The maximum atomic E-state index is 9.42. The summed E-state index contributed by atoms with van der Waals surface area (Å²) >= 11 is 0. The van der Waals surface area contributed by atoms with Crippen molar-refractivity contribution in [3.63, 3.8) is 0 Å². The third-order valence-electron chi connectivity index (χ3n) is 3.42. The third kappa shape index (κ3) is 2.86. The lowest BCUT2D eigenvalue weighted by Crippen LogP contribution is -2.34. The molecule has 0 spiro atoms. The summed E-state index contributed by atoms with van der Waals surface area (Å²) in [6.45, 7) is 4.87. The molecule has 1 aliphatic rings. The Labute approximate surface area is 96.8 Å². The maximum Gasteiger partial charge on any atom is 0.105 e. The molecule has 0 radical (unpaired) electrons. The van der Waals surface area contributed by atoms with Crippen molar-refractivity contribution in [2.24, 2.45) is 0 Å². The largest absolute Gasteiger partial charge is 0.466 e. The molecule has 90 valence electrons. The van der Waals surface area contributed by atoms with Gasteiger partial charge >= 0.3 is 0 Å². The van der Waals surface area contributed by atoms with Gasteiger partial charge in [0.05, 0.1) is 6.10 Å². The van der Waals surface area contributed by atoms with Gasteiger partial charge in [-0.15, -0.1) is 0 Å². The summed E-state index contributed by atoms with van der Waals surface area (Å²) in [5, 5.41) is 13.0. The average molecular weight is 223 g/mol. The zero-order chi connectivity index (χ0) is 11.5. The van der Waals surface area contributed by atoms with Crippen LogP contribution in [-0.4, -0.2) is 17.3 Å². The quantitative estimate of drug-likeness (QED) is 0.826. The summed E-state index contributed by atoms with van der Waals surface area (Å²) in [6, 6.07) is 2.65. The van der Waals surface area contributed by atoms with Gasteiger partial charge in [-0.1, -0.05) is 0 Å². The van der Waals surface area contributed by atoms with Crippen LogP contribution in [0.25, 0.3) is 0 Å². The predicted molar refractivity (Wildman–Crippen MR) is 63.3 cm³/mol. The van der Waals surface area contributed by atoms with Crippen molar-refractivity contribution in [1.29, 1.82) is 0 Å². The van der Waals surface area contributed by atoms with Gasteiger partial charge in [0, 0.05) is 18.2 Å². The minimum atomic E-state index is -0.0732. The Kier molecular flexibility index (Phi) is 3.66. The summed E-state index contributed by atoms with van der Waals surface area (Å²) in [6.07, 6.45) is 3.95. The van der Waals surface area contributed by atoms with Crippen LogP contribution in [0.2, 0.25) is 0 Å². The number of hydrogen-bond acceptors (Lipinski definition) is 3. The van der Waals surface area contributed by atoms with Crippen LogP contribution in [-0.2, 0) is 6.54 Å². The molecule has 1 aliphatic carbocycles. The van der Waals surface area contributed by atoms with Gasteiger partial charge in [0.1, 0.15) is 11.5 Å². The standard InChI is InChI=1S/C13H21NO2/c1-9-7-11(10(2)16-9)8-14-12-3-5-13(15)6-4-12/h7,12-15H,3-6,8H2,1-2H3. The van der Waals surface area contributed by atoms with Gasteiger partial charge in [-0.3, -0.25) is 0 Å². The van der Waals surface area contributed by atoms with Crippen LogP contribution in [0.3, 0.4) is 0 Å². The van der Waals surface area contributed by atoms with Crippen LogP contribution in [0.5, 0.6) is 0 Å². The highest BCUT2D eigenvalue weighted by atomic mass is 16.3. The highest BCUT2D eigenvalue weighted by molar-refractivity contribution is 5.19. The molecular formula is C13H21NO2. The zero-order valence-electron chi connectivity index (χ0n) is 10.1. The van der Waals surface area contributed by atoms with Gasteiger partial charge < -0.3 is 14.8 Å². The molecule has 0 amide bonds. The molecule has 0 bridgehead atoms. The summed E-state index contributed by atoms with van der Waals surface area (Å²) < 4.78 is 5.49. The second-order valence-corrected chi connectivity index (χ2v) is 4.82. The second kappa shape index (κ2) is 5.02. The Morgan fingerprint density at radius 2 is 2.00 bits per heavy atom. The lowest BCUT2D eigenvalue weighted by molar-refractivity contribution is 0.116. The first-order valence-electron chi connectivity index (χ1n) is 6.12. The zero-order valence-corrected chi connectivity index (χ0v) is 10.1. The van der Waals surface area contributed by atoms with Gasteiger partial charge in [0.25, 0.3) is 0 Å². The summed E-state index contributed by atoms with van der Waals surface area (Å²) in [5.74, 6) is 1.99. The molecular weight excluding hydrogens is 202 g/mol. The number of aryl methyl sites for hydroxylation is 2. The van der Waals surface area contributed by atoms with Crippen molar-refractivity contribution >= 4 is 0 Å². The van der Waals surface area contributed by atoms with Gasteiger partial charge in [-0.2, -0.15) is 0 Å². The molecule has 2 N–H and O–H groups in total. The van der Waals surface area contributed by atoms with E-state index in [1.54, 1.807) is 0 Å². The Morgan fingerprint density at radius 3 is 2.56 bits per heavy atom. The van der Waals surface area contributed by atoms with Crippen LogP contribution >= 0.6 is 0 Å². The van der Waals surface area contributed by atoms with Gasteiger partial charge in [0.15, 0.2) is 0 Å². The lowest BCUT2D eigenvalue weighted by atomic mass is 9.93. The summed E-state index contributed by atoms with van der Waals surface area (Å²) in [7, 11) is 0. The van der Waals surface area contributed by atoms with Crippen molar-refractivity contribution in [3.05, 3.63) is 23.2 Å². The molecule has 1 saturated carbocycles. The third-order valence-corrected chi connectivity index (χ3v) is 3.42. The van der Waals surface area contributed by atoms with Crippen LogP contribution in [0.4, 0.5) is 0 Å². The van der Waals surface area contributed by atoms with E-state index in [1.165, 1.54) is 5.56 Å². The van der Waals surface area contributed by atoms with Crippen LogP contribution < -0.4 is 5.32 Å². The molecule has 0 saturated heterocycles. The molecule has 3 heteroatoms. The Bertz CT molecular complexity index is 338. The van der Waals surface area contributed by atoms with E-state index in [-0.39, 0.29) is 6.10 Å². The van der Waals surface area contributed by atoms with E-state index in [9.17, 15) is 5.11 Å². The van der Waals surface area contributed by atoms with Crippen LogP contribution in [0.1, 0.15) is 42.8 Å². The second-order valence-electron chi connectivity index (χ2n) is 4.82. The van der Waals surface area contributed by atoms with Crippen molar-refractivity contribution in [2.45, 2.75) is 58.2 Å². The first-order chi connectivity index (χ1) is 7.65. The van der Waals surface area contributed by atoms with Crippen molar-refractivity contribution in [2.75, 3.05) is 0 Å². The first-order valence-corrected chi connectivity index (χ1v) is 6.12. The maximum absolute atomic E-state index is 9.42. The molecule has 1 aromatic rings. The molecule has 1 aromatic heterocycles. The van der Waals surface area contributed by atoms with Gasteiger partial charge in [-0.25, -0.2) is 0 Å². The molecule has 0 unspecified atom stereocenters. The van der Waals surface area contributed by atoms with E-state index in [1.807, 2.05) is 13.8 Å². The molecule has 1 heterocycles. The van der Waals surface area contributed by atoms with E-state index in [2.05, 4.69) is 11.4 Å². The van der Waals surface area contributed by atoms with E-state index < -0.39 is 0 Å². The van der Waals surface area contributed by atoms with E-state index in [0.717, 1.165) is 43.7 Å².